The molecule has 2 aromatic rings. The third-order valence-electron chi connectivity index (χ3n) is 6.95. The van der Waals surface area contributed by atoms with Crippen LogP contribution in [0.4, 0.5) is 28.4 Å². The van der Waals surface area contributed by atoms with Crippen LogP contribution in [0.1, 0.15) is 51.7 Å². The second-order valence-corrected chi connectivity index (χ2v) is 9.59. The molecular formula is C23H29N3. The van der Waals surface area contributed by atoms with Gasteiger partial charge in [0.15, 0.2) is 0 Å². The van der Waals surface area contributed by atoms with Gasteiger partial charge in [0.05, 0.1) is 35.1 Å². The molecule has 0 unspecified atom stereocenters. The van der Waals surface area contributed by atoms with Gasteiger partial charge >= 0.3 is 0 Å². The van der Waals surface area contributed by atoms with Gasteiger partial charge in [-0.15, -0.1) is 0 Å². The van der Waals surface area contributed by atoms with Gasteiger partial charge in [0.1, 0.15) is 0 Å². The van der Waals surface area contributed by atoms with Crippen LogP contribution in [0.5, 0.6) is 0 Å². The maximum Gasteiger partial charge on any atom is 0.0951 e. The first-order chi connectivity index (χ1) is 12.2. The van der Waals surface area contributed by atoms with E-state index in [2.05, 4.69) is 86.8 Å². The summed E-state index contributed by atoms with van der Waals surface area (Å²) < 4.78 is 0. The lowest BCUT2D eigenvalue weighted by atomic mass is 9.62. The number of benzene rings is 2. The van der Waals surface area contributed by atoms with Crippen LogP contribution in [0.25, 0.3) is 0 Å². The third kappa shape index (κ3) is 1.84. The van der Waals surface area contributed by atoms with Crippen LogP contribution in [0, 0.1) is 0 Å². The fraction of sp³-hybridized carbons (Fsp3) is 0.478. The van der Waals surface area contributed by atoms with Crippen LogP contribution < -0.4 is 14.7 Å². The smallest absolute Gasteiger partial charge is 0.0951 e. The van der Waals surface area contributed by atoms with Crippen molar-refractivity contribution in [3.8, 4) is 0 Å². The minimum atomic E-state index is 0.200. The molecule has 0 radical (unpaired) electrons. The number of anilines is 5. The molecule has 136 valence electrons. The molecule has 2 aromatic carbocycles. The van der Waals surface area contributed by atoms with E-state index >= 15 is 0 Å². The van der Waals surface area contributed by atoms with E-state index in [0.29, 0.717) is 0 Å². The molecule has 0 aromatic heterocycles. The fourth-order valence-corrected chi connectivity index (χ4v) is 5.32. The summed E-state index contributed by atoms with van der Waals surface area (Å²) in [7, 11) is 4.45. The Kier molecular flexibility index (Phi) is 2.94. The van der Waals surface area contributed by atoms with Crippen molar-refractivity contribution in [2.75, 3.05) is 35.5 Å². The van der Waals surface area contributed by atoms with Crippen LogP contribution in [-0.2, 0) is 10.8 Å². The molecular weight excluding hydrogens is 318 g/mol. The maximum atomic E-state index is 2.51. The Labute approximate surface area is 157 Å². The largest absolute Gasteiger partial charge is 0.355 e. The lowest BCUT2D eigenvalue weighted by Gasteiger charge is -2.47. The average Bonchev–Trinajstić information content (AvgIpc) is 2.94. The molecule has 26 heavy (non-hydrogen) atoms. The second kappa shape index (κ2) is 4.76. The highest BCUT2D eigenvalue weighted by Gasteiger charge is 2.43. The van der Waals surface area contributed by atoms with Crippen molar-refractivity contribution < 1.29 is 0 Å². The molecule has 0 saturated heterocycles. The van der Waals surface area contributed by atoms with Gasteiger partial charge in [-0.1, -0.05) is 39.8 Å². The SMILES string of the molecule is CN1CN2c3ccc4c(c3N(C)c3cccc1c32)C(C)(C)CCC4(C)C. The van der Waals surface area contributed by atoms with Gasteiger partial charge in [0.2, 0.25) is 0 Å². The Morgan fingerprint density at radius 1 is 0.769 bits per heavy atom. The molecule has 5 rings (SSSR count). The normalized spacial score (nSPS) is 21.4. The van der Waals surface area contributed by atoms with E-state index in [-0.39, 0.29) is 10.8 Å². The van der Waals surface area contributed by atoms with Gasteiger partial charge in [-0.05, 0) is 53.0 Å². The van der Waals surface area contributed by atoms with Crippen LogP contribution in [0.2, 0.25) is 0 Å². The van der Waals surface area contributed by atoms with E-state index in [1.165, 1.54) is 46.8 Å². The average molecular weight is 348 g/mol. The molecule has 0 N–H and O–H groups in total. The number of fused-ring (bicyclic) bond motifs is 4. The summed E-state index contributed by atoms with van der Waals surface area (Å²) in [6.07, 6.45) is 2.49. The van der Waals surface area contributed by atoms with Crippen LogP contribution in [-0.4, -0.2) is 20.8 Å². The first-order valence-corrected chi connectivity index (χ1v) is 9.76. The molecule has 0 bridgehead atoms. The molecule has 1 aliphatic carbocycles. The Bertz CT molecular complexity index is 925. The lowest BCUT2D eigenvalue weighted by molar-refractivity contribution is 0.332. The van der Waals surface area contributed by atoms with Crippen LogP contribution >= 0.6 is 0 Å². The van der Waals surface area contributed by atoms with Gasteiger partial charge < -0.3 is 14.7 Å². The van der Waals surface area contributed by atoms with Gasteiger partial charge in [-0.2, -0.15) is 0 Å². The zero-order valence-electron chi connectivity index (χ0n) is 16.8. The van der Waals surface area contributed by atoms with Gasteiger partial charge in [0.25, 0.3) is 0 Å². The molecule has 0 atom stereocenters. The van der Waals surface area contributed by atoms with E-state index in [9.17, 15) is 0 Å². The quantitative estimate of drug-likeness (QED) is 0.608. The van der Waals surface area contributed by atoms with Crippen molar-refractivity contribution in [3.05, 3.63) is 41.5 Å². The van der Waals surface area contributed by atoms with E-state index in [1.54, 1.807) is 5.56 Å². The number of nitrogens with zero attached hydrogens (tertiary/aromatic N) is 3. The van der Waals surface area contributed by atoms with Gasteiger partial charge in [-0.25, -0.2) is 0 Å². The molecule has 0 saturated carbocycles. The zero-order valence-corrected chi connectivity index (χ0v) is 16.8. The van der Waals surface area contributed by atoms with Crippen LogP contribution in [0.15, 0.2) is 30.3 Å². The molecule has 2 heterocycles. The summed E-state index contributed by atoms with van der Waals surface area (Å²) in [5.41, 5.74) is 10.3. The van der Waals surface area contributed by atoms with Crippen molar-refractivity contribution >= 4 is 28.4 Å². The fourth-order valence-electron chi connectivity index (χ4n) is 5.32. The van der Waals surface area contributed by atoms with E-state index in [1.807, 2.05) is 0 Å². The highest BCUT2D eigenvalue weighted by Crippen LogP contribution is 2.59. The van der Waals surface area contributed by atoms with Crippen molar-refractivity contribution in [2.24, 2.45) is 0 Å². The molecule has 2 aliphatic heterocycles. The molecule has 0 fully saturated rings. The third-order valence-corrected chi connectivity index (χ3v) is 6.95. The number of hydrogen-bond acceptors (Lipinski definition) is 3. The summed E-state index contributed by atoms with van der Waals surface area (Å²) in [4.78, 5) is 7.32. The number of hydrogen-bond donors (Lipinski definition) is 0. The Morgan fingerprint density at radius 3 is 2.23 bits per heavy atom. The highest BCUT2D eigenvalue weighted by atomic mass is 15.4. The first-order valence-electron chi connectivity index (χ1n) is 9.76. The minimum Gasteiger partial charge on any atom is -0.355 e. The minimum absolute atomic E-state index is 0.200. The Hall–Kier alpha value is -2.16. The zero-order chi connectivity index (χ0) is 18.4. The molecule has 3 heteroatoms. The van der Waals surface area contributed by atoms with Gasteiger partial charge in [0, 0.05) is 14.1 Å². The lowest BCUT2D eigenvalue weighted by Crippen LogP contribution is -2.37. The van der Waals surface area contributed by atoms with Crippen molar-refractivity contribution in [2.45, 2.75) is 51.4 Å². The Balaban J connectivity index is 1.84. The summed E-state index contributed by atoms with van der Waals surface area (Å²) >= 11 is 0. The second-order valence-electron chi connectivity index (χ2n) is 9.59. The van der Waals surface area contributed by atoms with Crippen molar-refractivity contribution in [3.63, 3.8) is 0 Å². The van der Waals surface area contributed by atoms with Crippen LogP contribution in [0.3, 0.4) is 0 Å². The first kappa shape index (κ1) is 16.0. The van der Waals surface area contributed by atoms with Crippen molar-refractivity contribution in [1.29, 1.82) is 0 Å². The molecule has 3 nitrogen and oxygen atoms in total. The monoisotopic (exact) mass is 347 g/mol. The summed E-state index contributed by atoms with van der Waals surface area (Å²) in [5, 5.41) is 0. The summed E-state index contributed by atoms with van der Waals surface area (Å²) in [6.45, 7) is 10.6. The van der Waals surface area contributed by atoms with E-state index in [0.717, 1.165) is 6.67 Å². The summed E-state index contributed by atoms with van der Waals surface area (Å²) in [5.74, 6) is 0. The van der Waals surface area contributed by atoms with E-state index < -0.39 is 0 Å². The predicted molar refractivity (Wildman–Crippen MR) is 112 cm³/mol. The standard InChI is InChI=1S/C23H29N3/c1-22(2)12-13-23(3,4)19-15(22)10-11-18-21(19)25(6)17-9-7-8-16-20(17)26(18)14-24(16)5/h7-11H,12-14H2,1-6H3. The highest BCUT2D eigenvalue weighted by molar-refractivity contribution is 6.02. The summed E-state index contributed by atoms with van der Waals surface area (Å²) in [6, 6.07) is 11.5. The number of rotatable bonds is 0. The van der Waals surface area contributed by atoms with E-state index in [4.69, 9.17) is 0 Å². The molecule has 3 aliphatic rings. The topological polar surface area (TPSA) is 9.72 Å². The maximum absolute atomic E-state index is 2.51. The van der Waals surface area contributed by atoms with Gasteiger partial charge in [-0.3, -0.25) is 0 Å². The van der Waals surface area contributed by atoms with Crippen molar-refractivity contribution in [1.82, 2.24) is 0 Å². The number of para-hydroxylation sites is 1. The molecule has 0 spiro atoms. The molecule has 0 amide bonds. The Morgan fingerprint density at radius 2 is 1.46 bits per heavy atom. The predicted octanol–water partition coefficient (Wildman–Crippen LogP) is 5.66.